The van der Waals surface area contributed by atoms with Crippen LogP contribution in [0.15, 0.2) is 0 Å². The molecule has 1 aromatic carbocycles. The van der Waals surface area contributed by atoms with Crippen molar-refractivity contribution in [1.82, 2.24) is 0 Å². The van der Waals surface area contributed by atoms with Crippen LogP contribution in [0, 0.1) is 35.1 Å². The number of rotatable bonds is 2. The number of nitrogens with zero attached hydrogens (tertiary/aromatic N) is 1. The summed E-state index contributed by atoms with van der Waals surface area (Å²) >= 11 is 0. The van der Waals surface area contributed by atoms with Crippen molar-refractivity contribution in [2.24, 2.45) is 0 Å². The number of ether oxygens (including phenoxy) is 1. The normalized spacial score (nSPS) is 14.4. The van der Waals surface area contributed by atoms with Crippen LogP contribution in [0.25, 0.3) is 4.98 Å². The van der Waals surface area contributed by atoms with Crippen LogP contribution in [0.1, 0.15) is 55.9 Å². The molecule has 1 aliphatic rings. The molecule has 1 aliphatic heterocycles. The van der Waals surface area contributed by atoms with E-state index in [2.05, 4.69) is 61.6 Å². The largest absolute Gasteiger partial charge is 3.00 e. The van der Waals surface area contributed by atoms with E-state index < -0.39 is 8.24 Å². The van der Waals surface area contributed by atoms with Crippen LogP contribution in [0.3, 0.4) is 0 Å². The fourth-order valence-corrected chi connectivity index (χ4v) is 7.54. The Hall–Kier alpha value is 0.0194. The molecular weight excluding hydrogens is 325 g/mol. The molecular formula is C20H38AlNOSi. The first-order chi connectivity index (χ1) is 9.97. The van der Waals surface area contributed by atoms with Crippen LogP contribution in [-0.4, -0.2) is 44.3 Å². The molecule has 136 valence electrons. The van der Waals surface area contributed by atoms with Crippen molar-refractivity contribution in [1.29, 1.82) is 0 Å². The van der Waals surface area contributed by atoms with Crippen LogP contribution >= 0.6 is 0 Å². The Labute approximate surface area is 163 Å². The summed E-state index contributed by atoms with van der Waals surface area (Å²) < 4.78 is 4.94. The van der Waals surface area contributed by atoms with E-state index in [1.807, 2.05) is 0 Å². The van der Waals surface area contributed by atoms with Gasteiger partial charge in [-0.25, -0.2) is 5.19 Å². The zero-order valence-electron chi connectivity index (χ0n) is 17.8. The van der Waals surface area contributed by atoms with Gasteiger partial charge in [0.05, 0.1) is 0 Å². The van der Waals surface area contributed by atoms with E-state index in [9.17, 15) is 0 Å². The molecule has 1 aromatic rings. The van der Waals surface area contributed by atoms with Gasteiger partial charge in [-0.15, -0.1) is 13.8 Å². The van der Waals surface area contributed by atoms with E-state index in [0.717, 1.165) is 13.2 Å². The second kappa shape index (κ2) is 10.2. The fourth-order valence-electron chi connectivity index (χ4n) is 3.54. The van der Waals surface area contributed by atoms with Crippen molar-refractivity contribution < 1.29 is 4.74 Å². The standard InChI is InChI=1S/C15H27NSi.C4H8O.CH3.Al/c1-10-11(2)13(4)14(12(10)3)17(8,9)16-15(5,6)7;1-2-4-5-3-1;;/h1-9H3;1-4H2;1H3;/q-2;;-1;+3. The second-order valence-electron chi connectivity index (χ2n) is 8.04. The van der Waals surface area contributed by atoms with E-state index in [0.29, 0.717) is 0 Å². The molecule has 1 fully saturated rings. The summed E-state index contributed by atoms with van der Waals surface area (Å²) in [7, 11) is -1.69. The van der Waals surface area contributed by atoms with Crippen molar-refractivity contribution >= 4 is 30.8 Å². The summed E-state index contributed by atoms with van der Waals surface area (Å²) in [5, 5.41) is 1.56. The zero-order chi connectivity index (χ0) is 17.1. The molecule has 0 saturated carbocycles. The molecule has 0 bridgehead atoms. The minimum absolute atomic E-state index is 0. The SMILES string of the molecule is C1CCOC1.Cc1c([Si](C)(C)[N-]C(C)(C)C)c(C)[c-](C)c1C.[Al+3].[CH3-]. The Morgan fingerprint density at radius 2 is 1.46 bits per heavy atom. The second-order valence-corrected chi connectivity index (χ2v) is 11.9. The minimum atomic E-state index is -1.69. The van der Waals surface area contributed by atoms with Crippen LogP contribution in [0.5, 0.6) is 0 Å². The fraction of sp³-hybridized carbons (Fsp3) is 0.700. The van der Waals surface area contributed by atoms with Gasteiger partial charge in [-0.2, -0.15) is 22.3 Å². The number of hydrogen-bond acceptors (Lipinski definition) is 1. The molecule has 4 heteroatoms. The predicted molar refractivity (Wildman–Crippen MR) is 113 cm³/mol. The van der Waals surface area contributed by atoms with Gasteiger partial charge >= 0.3 is 17.4 Å². The molecule has 0 amide bonds. The summed E-state index contributed by atoms with van der Waals surface area (Å²) in [5.74, 6) is 0. The molecule has 0 N–H and O–H groups in total. The predicted octanol–water partition coefficient (Wildman–Crippen LogP) is 5.09. The average molecular weight is 364 g/mol. The third-order valence-electron chi connectivity index (χ3n) is 4.49. The molecule has 0 spiro atoms. The van der Waals surface area contributed by atoms with E-state index in [4.69, 9.17) is 9.72 Å². The van der Waals surface area contributed by atoms with E-state index in [1.165, 1.54) is 35.1 Å². The topological polar surface area (TPSA) is 23.3 Å². The van der Waals surface area contributed by atoms with Crippen molar-refractivity contribution in [2.75, 3.05) is 13.2 Å². The van der Waals surface area contributed by atoms with Gasteiger partial charge in [0, 0.05) is 13.2 Å². The molecule has 2 nitrogen and oxygen atoms in total. The van der Waals surface area contributed by atoms with E-state index >= 15 is 0 Å². The van der Waals surface area contributed by atoms with Gasteiger partial charge in [0.1, 0.15) is 0 Å². The van der Waals surface area contributed by atoms with Gasteiger partial charge in [0.2, 0.25) is 0 Å². The molecule has 0 radical (unpaired) electrons. The molecule has 0 atom stereocenters. The van der Waals surface area contributed by atoms with Gasteiger partial charge in [-0.1, -0.05) is 61.6 Å². The Bertz CT molecular complexity index is 464. The summed E-state index contributed by atoms with van der Waals surface area (Å²) in [4.78, 5) is 5.13. The van der Waals surface area contributed by atoms with Crippen LogP contribution < -0.4 is 5.19 Å². The van der Waals surface area contributed by atoms with Gasteiger partial charge in [0.15, 0.2) is 0 Å². The van der Waals surface area contributed by atoms with Crippen molar-refractivity contribution in [3.63, 3.8) is 0 Å². The first-order valence-electron chi connectivity index (χ1n) is 8.52. The van der Waals surface area contributed by atoms with Gasteiger partial charge in [0.25, 0.3) is 0 Å². The first kappa shape index (κ1) is 26.3. The number of hydrogen-bond donors (Lipinski definition) is 0. The third-order valence-corrected chi connectivity index (χ3v) is 7.70. The summed E-state index contributed by atoms with van der Waals surface area (Å²) in [5.41, 5.74) is 5.94. The van der Waals surface area contributed by atoms with Crippen molar-refractivity contribution in [2.45, 2.75) is 79.9 Å². The van der Waals surface area contributed by atoms with Crippen LogP contribution in [-0.2, 0) is 4.74 Å². The van der Waals surface area contributed by atoms with Crippen LogP contribution in [0.4, 0.5) is 0 Å². The maximum Gasteiger partial charge on any atom is 3.00 e. The molecule has 1 saturated heterocycles. The molecule has 24 heavy (non-hydrogen) atoms. The molecule has 0 aliphatic carbocycles. The van der Waals surface area contributed by atoms with Crippen LogP contribution in [0.2, 0.25) is 13.1 Å². The monoisotopic (exact) mass is 363 g/mol. The zero-order valence-corrected chi connectivity index (χ0v) is 19.9. The minimum Gasteiger partial charge on any atom is -0.666 e. The van der Waals surface area contributed by atoms with Gasteiger partial charge < -0.3 is 17.1 Å². The summed E-state index contributed by atoms with van der Waals surface area (Å²) in [6, 6.07) is 0. The van der Waals surface area contributed by atoms with E-state index in [1.54, 1.807) is 5.19 Å². The smallest absolute Gasteiger partial charge is 0.666 e. The Morgan fingerprint density at radius 3 is 1.71 bits per heavy atom. The molecule has 0 aromatic heterocycles. The molecule has 2 rings (SSSR count). The quantitative estimate of drug-likeness (QED) is 0.530. The summed E-state index contributed by atoms with van der Waals surface area (Å²) in [6.45, 7) is 22.3. The van der Waals surface area contributed by atoms with Gasteiger partial charge in [-0.3, -0.25) is 0 Å². The van der Waals surface area contributed by atoms with E-state index in [-0.39, 0.29) is 30.3 Å². The van der Waals surface area contributed by atoms with Crippen molar-refractivity contribution in [3.05, 3.63) is 34.7 Å². The third kappa shape index (κ3) is 7.10. The Kier molecular flexibility index (Phi) is 11.2. The van der Waals surface area contributed by atoms with Gasteiger partial charge in [-0.05, 0) is 12.8 Å². The maximum absolute atomic E-state index is 5.13. The summed E-state index contributed by atoms with van der Waals surface area (Å²) in [6.07, 6.45) is 2.56. The Morgan fingerprint density at radius 1 is 1.00 bits per heavy atom. The Balaban J connectivity index is 0. The van der Waals surface area contributed by atoms with Crippen molar-refractivity contribution in [3.8, 4) is 0 Å². The molecule has 0 unspecified atom stereocenters. The maximum atomic E-state index is 5.13. The first-order valence-corrected chi connectivity index (χ1v) is 11.5. The average Bonchev–Trinajstić information content (AvgIpc) is 2.96. The molecule has 1 heterocycles.